The van der Waals surface area contributed by atoms with Gasteiger partial charge in [-0.1, -0.05) is 170 Å². The lowest BCUT2D eigenvalue weighted by Crippen LogP contribution is -2.11. The maximum absolute atomic E-state index is 12.3. The van der Waals surface area contributed by atoms with Crippen LogP contribution in [-0.2, 0) is 63.8 Å². The van der Waals surface area contributed by atoms with Crippen molar-refractivity contribution in [3.05, 3.63) is 408 Å². The van der Waals surface area contributed by atoms with Crippen molar-refractivity contribution < 1.29 is 57.1 Å². The van der Waals surface area contributed by atoms with Crippen LogP contribution in [0, 0.1) is 27.7 Å². The van der Waals surface area contributed by atoms with Crippen LogP contribution in [0.1, 0.15) is 77.1 Å². The van der Waals surface area contributed by atoms with E-state index in [-0.39, 0.29) is 30.3 Å². The Morgan fingerprint density at radius 3 is 0.558 bits per heavy atom. The highest BCUT2D eigenvalue weighted by molar-refractivity contribution is 5.87. The minimum absolute atomic E-state index is 0.189. The topological polar surface area (TPSA) is 155 Å². The van der Waals surface area contributed by atoms with E-state index < -0.39 is 0 Å². The minimum Gasteiger partial charge on any atom is -0.496 e. The zero-order valence-corrected chi connectivity index (χ0v) is 80.4. The second-order valence-corrected chi connectivity index (χ2v) is 34.2. The van der Waals surface area contributed by atoms with Crippen LogP contribution in [0.4, 0.5) is 68.2 Å². The molecule has 0 aromatic heterocycles. The molecular formula is C122H116N4O12. The monoisotopic (exact) mass is 1830 g/mol. The summed E-state index contributed by atoms with van der Waals surface area (Å²) in [6.07, 6.45) is 4.00. The first-order valence-corrected chi connectivity index (χ1v) is 46.5. The molecule has 0 atom stereocenters. The van der Waals surface area contributed by atoms with Gasteiger partial charge in [0, 0.05) is 101 Å². The molecule has 0 aliphatic carbocycles. The first kappa shape index (κ1) is 96.5. The van der Waals surface area contributed by atoms with Crippen molar-refractivity contribution in [2.45, 2.75) is 86.0 Å². The molecule has 0 N–H and O–H groups in total. The molecule has 0 saturated heterocycles. The van der Waals surface area contributed by atoms with Crippen molar-refractivity contribution in [2.75, 3.05) is 82.6 Å². The van der Waals surface area contributed by atoms with Gasteiger partial charge < -0.3 is 62.3 Å². The fourth-order valence-corrected chi connectivity index (χ4v) is 17.3. The lowest BCUT2D eigenvalue weighted by Gasteiger charge is -2.27. The normalized spacial score (nSPS) is 10.9. The molecule has 0 fully saturated rings. The van der Waals surface area contributed by atoms with Gasteiger partial charge in [0.15, 0.2) is 0 Å². The molecule has 696 valence electrons. The first-order valence-electron chi connectivity index (χ1n) is 46.5. The number of hydrogen-bond acceptors (Lipinski definition) is 16. The summed E-state index contributed by atoms with van der Waals surface area (Å²) < 4.78 is 42.1. The molecular weight excluding hydrogens is 1710 g/mol. The van der Waals surface area contributed by atoms with E-state index >= 15 is 0 Å². The van der Waals surface area contributed by atoms with Gasteiger partial charge in [-0.05, 0) is 366 Å². The number of Topliss-reactive ketones (excluding diaryl/α,β-unsaturated/α-hetero) is 1. The summed E-state index contributed by atoms with van der Waals surface area (Å²) in [5.74, 6) is 2.98. The van der Waals surface area contributed by atoms with E-state index in [4.69, 9.17) is 37.9 Å². The Bertz CT molecular complexity index is 6590. The van der Waals surface area contributed by atoms with E-state index in [0.717, 1.165) is 209 Å². The molecule has 16 rings (SSSR count). The third kappa shape index (κ3) is 24.2. The van der Waals surface area contributed by atoms with E-state index in [0.29, 0.717) is 51.6 Å². The van der Waals surface area contributed by atoms with Gasteiger partial charge in [-0.25, -0.2) is 0 Å². The predicted octanol–water partition coefficient (Wildman–Crippen LogP) is 29.4. The number of benzene rings is 16. The quantitative estimate of drug-likeness (QED) is 0.0206. The Morgan fingerprint density at radius 1 is 0.210 bits per heavy atom. The molecule has 0 bridgehead atoms. The zero-order valence-electron chi connectivity index (χ0n) is 80.4. The van der Waals surface area contributed by atoms with Gasteiger partial charge in [0.25, 0.3) is 0 Å². The number of hydrogen-bond donors (Lipinski definition) is 0. The van der Waals surface area contributed by atoms with Crippen LogP contribution in [0.3, 0.4) is 0 Å². The van der Waals surface area contributed by atoms with Gasteiger partial charge in [-0.2, -0.15) is 0 Å². The standard InChI is InChI=1S/C62H60N2O6.C60H56N2O6/c1-43-41-52(22-36-60(43)68-5)50-18-32-58(33-19-50)63(54-24-9-46(10-25-54)8-7-45(3)65)56-28-14-48(15-29-56)49-16-30-57(31-17-49)64(55-26-11-47(12-27-55)13-38-62(66)70-40-39-67-4)59-34-20-51(21-35-59)53-23-37-61(69-6)44(2)42-53;1-41-39-49(21-35-57(41)65-3)47-17-31-55(32-18-47)61(51-23-7-43(8-24-51)11-37-59(63)67-5)53-27-13-45(14-28-53)46-15-29-54(30-16-46)62(52-25-9-44(10-26-52)12-38-60(64)68-6)56-33-19-48(20-34-56)50-22-36-58(66-4)42(2)40-50/h9-12,14-37,41-42H,7-8,13,38-40H2,1-6H3;7-10,13-36,39-40H,11-12,37-38H2,1-6H3. The molecule has 138 heavy (non-hydrogen) atoms. The van der Waals surface area contributed by atoms with E-state index in [1.54, 1.807) is 42.5 Å². The highest BCUT2D eigenvalue weighted by Gasteiger charge is 2.22. The van der Waals surface area contributed by atoms with E-state index in [2.05, 4.69) is 387 Å². The third-order valence-corrected chi connectivity index (χ3v) is 25.0. The number of carbonyl (C=O) groups excluding carboxylic acids is 4. The summed E-state index contributed by atoms with van der Waals surface area (Å²) in [7, 11) is 11.2. The second-order valence-electron chi connectivity index (χ2n) is 34.2. The largest absolute Gasteiger partial charge is 0.496 e. The number of carbonyl (C=O) groups is 4. The van der Waals surface area contributed by atoms with Crippen LogP contribution < -0.4 is 38.5 Å². The molecule has 16 heteroatoms. The van der Waals surface area contributed by atoms with Gasteiger partial charge in [0.1, 0.15) is 35.4 Å². The molecule has 0 heterocycles. The average molecular weight is 1830 g/mol. The van der Waals surface area contributed by atoms with Crippen LogP contribution in [0.15, 0.2) is 364 Å². The number of aryl methyl sites for hydroxylation is 8. The minimum atomic E-state index is -0.235. The summed E-state index contributed by atoms with van der Waals surface area (Å²) in [5.41, 5.74) is 34.1. The third-order valence-electron chi connectivity index (χ3n) is 25.0. The number of ether oxygens (including phenoxy) is 8. The molecule has 0 spiro atoms. The summed E-state index contributed by atoms with van der Waals surface area (Å²) in [6, 6.07) is 128. The van der Waals surface area contributed by atoms with Crippen LogP contribution in [0.5, 0.6) is 23.0 Å². The van der Waals surface area contributed by atoms with Crippen molar-refractivity contribution in [1.29, 1.82) is 0 Å². The Labute approximate surface area is 810 Å². The number of esters is 3. The fraction of sp³-hybridized carbons (Fsp3) is 0.180. The maximum atomic E-state index is 12.3. The van der Waals surface area contributed by atoms with Crippen molar-refractivity contribution in [2.24, 2.45) is 0 Å². The summed E-state index contributed by atoms with van der Waals surface area (Å²) in [4.78, 5) is 56.9. The van der Waals surface area contributed by atoms with Gasteiger partial charge in [0.05, 0.1) is 49.3 Å². The Morgan fingerprint density at radius 2 is 0.384 bits per heavy atom. The van der Waals surface area contributed by atoms with Crippen molar-refractivity contribution in [1.82, 2.24) is 0 Å². The van der Waals surface area contributed by atoms with Crippen molar-refractivity contribution in [3.8, 4) is 89.8 Å². The predicted molar refractivity (Wildman–Crippen MR) is 560 cm³/mol. The molecule has 0 saturated carbocycles. The first-order chi connectivity index (χ1) is 67.2. The second kappa shape index (κ2) is 46.3. The van der Waals surface area contributed by atoms with Gasteiger partial charge in [-0.3, -0.25) is 14.4 Å². The molecule has 0 unspecified atom stereocenters. The van der Waals surface area contributed by atoms with Crippen LogP contribution in [-0.4, -0.2) is 86.7 Å². The van der Waals surface area contributed by atoms with Gasteiger partial charge in [0.2, 0.25) is 0 Å². The van der Waals surface area contributed by atoms with Gasteiger partial charge >= 0.3 is 17.9 Å². The lowest BCUT2D eigenvalue weighted by atomic mass is 10.0. The Kier molecular flexibility index (Phi) is 32.4. The number of nitrogens with zero attached hydrogens (tertiary/aromatic N) is 4. The molecule has 0 radical (unpaired) electrons. The van der Waals surface area contributed by atoms with E-state index in [1.165, 1.54) is 14.2 Å². The maximum Gasteiger partial charge on any atom is 0.306 e. The highest BCUT2D eigenvalue weighted by Crippen LogP contribution is 2.45. The zero-order chi connectivity index (χ0) is 96.6. The van der Waals surface area contributed by atoms with Crippen molar-refractivity contribution in [3.63, 3.8) is 0 Å². The molecule has 16 aromatic carbocycles. The highest BCUT2D eigenvalue weighted by atomic mass is 16.6. The van der Waals surface area contributed by atoms with E-state index in [9.17, 15) is 19.2 Å². The Hall–Kier alpha value is -16.0. The molecule has 16 nitrogen and oxygen atoms in total. The number of ketones is 1. The van der Waals surface area contributed by atoms with Crippen molar-refractivity contribution >= 4 is 91.9 Å². The molecule has 0 aliphatic rings. The molecule has 16 aromatic rings. The van der Waals surface area contributed by atoms with Gasteiger partial charge in [-0.15, -0.1) is 0 Å². The van der Waals surface area contributed by atoms with Crippen LogP contribution >= 0.6 is 0 Å². The SMILES string of the molecule is COC(=O)CCc1ccc(N(c2ccc(-c3ccc(N(c4ccc(CCC(=O)OC)cc4)c4ccc(-c5ccc(OC)c(C)c5)cc4)cc3)cc2)c2ccc(-c3ccc(OC)c(C)c3)cc2)cc1.COCCOC(=O)CCc1ccc(N(c2ccc(-c3ccc(N(c4ccc(CCC(C)=O)cc4)c4ccc(-c5ccc(OC)c(C)c5)cc4)cc3)cc2)c2ccc(-c3ccc(OC)c(C)c3)cc2)cc1. The smallest absolute Gasteiger partial charge is 0.306 e. The molecule has 0 aliphatic heterocycles. The average Bonchev–Trinajstić information content (AvgIpc) is 0.779. The summed E-state index contributed by atoms with van der Waals surface area (Å²) in [6.45, 7) is 10.5. The van der Waals surface area contributed by atoms with Crippen LogP contribution in [0.2, 0.25) is 0 Å². The molecule has 0 amide bonds. The fourth-order valence-electron chi connectivity index (χ4n) is 17.3. The summed E-state index contributed by atoms with van der Waals surface area (Å²) in [5, 5.41) is 0. The summed E-state index contributed by atoms with van der Waals surface area (Å²) >= 11 is 0. The lowest BCUT2D eigenvalue weighted by molar-refractivity contribution is -0.145. The Balaban J connectivity index is 0.000000209. The van der Waals surface area contributed by atoms with Crippen LogP contribution in [0.25, 0.3) is 66.8 Å². The number of methoxy groups -OCH3 is 7. The van der Waals surface area contributed by atoms with E-state index in [1.807, 2.05) is 24.3 Å². The number of rotatable bonds is 37. The number of anilines is 12.